The molecule has 0 aromatic carbocycles. The number of rotatable bonds is 18. The second-order valence-electron chi connectivity index (χ2n) is 14.0. The lowest BCUT2D eigenvalue weighted by molar-refractivity contribution is -0.153. The van der Waals surface area contributed by atoms with Gasteiger partial charge in [-0.2, -0.15) is 11.8 Å². The highest BCUT2D eigenvalue weighted by Gasteiger charge is 2.45. The Balaban J connectivity index is 0.992. The number of hydrogen-bond acceptors (Lipinski definition) is 8. The van der Waals surface area contributed by atoms with Crippen molar-refractivity contribution in [2.45, 2.75) is 109 Å². The number of amides is 2. The van der Waals surface area contributed by atoms with E-state index in [2.05, 4.69) is 27.7 Å². The molecule has 0 radical (unpaired) electrons. The van der Waals surface area contributed by atoms with E-state index in [1.54, 1.807) is 39.1 Å². The SMILES string of the molecule is CC(C)(CCCCOCCCOCCCCC(C)(C)Cn1c(O)c2c(cc1=O)SCC2)CN1C(=O)CC2SCCC2C1=O. The Morgan fingerprint density at radius 3 is 2.19 bits per heavy atom. The zero-order valence-electron chi connectivity index (χ0n) is 26.7. The van der Waals surface area contributed by atoms with Crippen molar-refractivity contribution in [3.8, 4) is 5.88 Å². The minimum absolute atomic E-state index is 0.00658. The number of likely N-dealkylation sites (tertiary alicyclic amines) is 1. The van der Waals surface area contributed by atoms with Gasteiger partial charge in [-0.05, 0) is 61.5 Å². The quantitative estimate of drug-likeness (QED) is 0.157. The van der Waals surface area contributed by atoms with Gasteiger partial charge in [-0.1, -0.05) is 40.5 Å². The molecule has 4 heterocycles. The summed E-state index contributed by atoms with van der Waals surface area (Å²) in [6.45, 7) is 12.5. The van der Waals surface area contributed by atoms with Crippen molar-refractivity contribution in [2.75, 3.05) is 44.5 Å². The Hall–Kier alpha value is -1.49. The second-order valence-corrected chi connectivity index (χ2v) is 16.5. The summed E-state index contributed by atoms with van der Waals surface area (Å²) >= 11 is 3.43. The van der Waals surface area contributed by atoms with Crippen molar-refractivity contribution in [1.82, 2.24) is 9.47 Å². The van der Waals surface area contributed by atoms with E-state index in [1.165, 1.54) is 0 Å². The van der Waals surface area contributed by atoms with Crippen molar-refractivity contribution in [2.24, 2.45) is 16.7 Å². The summed E-state index contributed by atoms with van der Waals surface area (Å²) < 4.78 is 13.2. The third kappa shape index (κ3) is 9.75. The number of aromatic nitrogens is 1. The van der Waals surface area contributed by atoms with E-state index in [1.807, 2.05) is 0 Å². The Morgan fingerprint density at radius 2 is 1.51 bits per heavy atom. The molecule has 8 nitrogen and oxygen atoms in total. The fourth-order valence-electron chi connectivity index (χ4n) is 6.43. The molecular weight excluding hydrogens is 585 g/mol. The summed E-state index contributed by atoms with van der Waals surface area (Å²) in [7, 11) is 0. The van der Waals surface area contributed by atoms with Crippen molar-refractivity contribution >= 4 is 35.3 Å². The van der Waals surface area contributed by atoms with Gasteiger partial charge in [0.25, 0.3) is 5.56 Å². The van der Waals surface area contributed by atoms with E-state index in [-0.39, 0.29) is 45.3 Å². The van der Waals surface area contributed by atoms with E-state index in [0.717, 1.165) is 86.4 Å². The number of imide groups is 1. The maximum absolute atomic E-state index is 12.9. The number of piperidine rings is 1. The molecule has 2 fully saturated rings. The topological polar surface area (TPSA) is 98.1 Å². The zero-order valence-corrected chi connectivity index (χ0v) is 28.3. The lowest BCUT2D eigenvalue weighted by Gasteiger charge is -2.37. The molecule has 0 bridgehead atoms. The molecule has 242 valence electrons. The first-order chi connectivity index (χ1) is 20.5. The van der Waals surface area contributed by atoms with Crippen LogP contribution in [0.3, 0.4) is 0 Å². The first-order valence-corrected chi connectivity index (χ1v) is 18.2. The number of aromatic hydroxyl groups is 1. The van der Waals surface area contributed by atoms with E-state index < -0.39 is 0 Å². The highest BCUT2D eigenvalue weighted by molar-refractivity contribution is 8.00. The van der Waals surface area contributed by atoms with Gasteiger partial charge in [0, 0.05) is 73.5 Å². The molecule has 0 aliphatic carbocycles. The van der Waals surface area contributed by atoms with Gasteiger partial charge < -0.3 is 14.6 Å². The molecule has 3 aliphatic rings. The minimum atomic E-state index is -0.114. The molecule has 0 saturated carbocycles. The van der Waals surface area contributed by atoms with E-state index in [0.29, 0.717) is 39.3 Å². The largest absolute Gasteiger partial charge is 0.494 e. The number of pyridine rings is 1. The summed E-state index contributed by atoms with van der Waals surface area (Å²) in [5.74, 6) is 2.17. The lowest BCUT2D eigenvalue weighted by Crippen LogP contribution is -2.51. The number of carbonyl (C=O) groups is 2. The predicted molar refractivity (Wildman–Crippen MR) is 174 cm³/mol. The van der Waals surface area contributed by atoms with Crippen LogP contribution in [0.25, 0.3) is 0 Å². The lowest BCUT2D eigenvalue weighted by atomic mass is 9.84. The zero-order chi connectivity index (χ0) is 31.0. The number of thioether (sulfide) groups is 2. The van der Waals surface area contributed by atoms with Crippen LogP contribution in [-0.2, 0) is 32.0 Å². The van der Waals surface area contributed by atoms with Gasteiger partial charge in [-0.3, -0.25) is 23.9 Å². The van der Waals surface area contributed by atoms with Crippen LogP contribution in [0.15, 0.2) is 15.8 Å². The molecule has 1 aromatic heterocycles. The van der Waals surface area contributed by atoms with Gasteiger partial charge in [0.1, 0.15) is 0 Å². The summed E-state index contributed by atoms with van der Waals surface area (Å²) in [6, 6.07) is 1.68. The van der Waals surface area contributed by atoms with Crippen LogP contribution in [-0.4, -0.2) is 76.1 Å². The summed E-state index contributed by atoms with van der Waals surface area (Å²) in [4.78, 5) is 40.5. The Labute approximate surface area is 266 Å². The third-order valence-electron chi connectivity index (χ3n) is 8.96. The molecular formula is C33H52N2O6S2. The molecule has 3 aliphatic heterocycles. The van der Waals surface area contributed by atoms with Crippen LogP contribution in [0, 0.1) is 16.7 Å². The second kappa shape index (κ2) is 15.7. The molecule has 43 heavy (non-hydrogen) atoms. The molecule has 1 aromatic rings. The number of unbranched alkanes of at least 4 members (excludes halogenated alkanes) is 2. The monoisotopic (exact) mass is 636 g/mol. The fourth-order valence-corrected chi connectivity index (χ4v) is 8.95. The van der Waals surface area contributed by atoms with Crippen LogP contribution < -0.4 is 5.56 Å². The van der Waals surface area contributed by atoms with Crippen LogP contribution in [0.4, 0.5) is 0 Å². The number of ether oxygens (including phenoxy) is 2. The first kappa shape index (κ1) is 34.4. The predicted octanol–water partition coefficient (Wildman–Crippen LogP) is 5.90. The standard InChI is InChI=1S/C33H52N2O6S2/c1-32(2,22-34-28(36)20-26-24(30(34)38)10-18-42-26)12-5-7-14-40-16-9-17-41-15-8-6-13-33(3,4)23-35-29(37)21-27-25(31(35)39)11-19-43-27/h20,25,27,38H,5-19,21-23H2,1-4H3. The Bertz CT molecular complexity index is 1170. The van der Waals surface area contributed by atoms with Gasteiger partial charge in [0.2, 0.25) is 11.8 Å². The molecule has 1 N–H and O–H groups in total. The van der Waals surface area contributed by atoms with Crippen molar-refractivity contribution in [3.05, 3.63) is 22.0 Å². The van der Waals surface area contributed by atoms with Crippen molar-refractivity contribution in [3.63, 3.8) is 0 Å². The molecule has 4 rings (SSSR count). The average Bonchev–Trinajstić information content (AvgIpc) is 3.61. The number of carbonyl (C=O) groups excluding carboxylic acids is 2. The number of fused-ring (bicyclic) bond motifs is 2. The minimum Gasteiger partial charge on any atom is -0.494 e. The van der Waals surface area contributed by atoms with Crippen LogP contribution in [0.2, 0.25) is 0 Å². The van der Waals surface area contributed by atoms with Gasteiger partial charge in [0.05, 0.1) is 5.92 Å². The van der Waals surface area contributed by atoms with E-state index >= 15 is 0 Å². The summed E-state index contributed by atoms with van der Waals surface area (Å²) in [6.07, 6.45) is 8.99. The fraction of sp³-hybridized carbons (Fsp3) is 0.788. The molecule has 2 unspecified atom stereocenters. The van der Waals surface area contributed by atoms with Gasteiger partial charge in [-0.15, -0.1) is 11.8 Å². The van der Waals surface area contributed by atoms with Crippen LogP contribution in [0.1, 0.15) is 91.0 Å². The van der Waals surface area contributed by atoms with Gasteiger partial charge in [-0.25, -0.2) is 0 Å². The highest BCUT2D eigenvalue weighted by Crippen LogP contribution is 2.40. The molecule has 2 atom stereocenters. The number of hydrogen-bond donors (Lipinski definition) is 1. The Kier molecular flexibility index (Phi) is 12.5. The van der Waals surface area contributed by atoms with Crippen LogP contribution >= 0.6 is 23.5 Å². The Morgan fingerprint density at radius 1 is 0.884 bits per heavy atom. The van der Waals surface area contributed by atoms with Crippen LogP contribution in [0.5, 0.6) is 5.88 Å². The third-order valence-corrected chi connectivity index (χ3v) is 11.4. The molecule has 0 spiro atoms. The van der Waals surface area contributed by atoms with Gasteiger partial charge >= 0.3 is 0 Å². The smallest absolute Gasteiger partial charge is 0.254 e. The van der Waals surface area contributed by atoms with Crippen molar-refractivity contribution < 1.29 is 24.2 Å². The average molecular weight is 637 g/mol. The maximum Gasteiger partial charge on any atom is 0.254 e. The number of nitrogens with zero attached hydrogens (tertiary/aromatic N) is 2. The van der Waals surface area contributed by atoms with E-state index in [9.17, 15) is 19.5 Å². The molecule has 2 amide bonds. The normalized spacial score (nSPS) is 20.6. The maximum atomic E-state index is 12.9. The van der Waals surface area contributed by atoms with Crippen molar-refractivity contribution in [1.29, 1.82) is 0 Å². The summed E-state index contributed by atoms with van der Waals surface area (Å²) in [5.41, 5.74) is 0.624. The summed E-state index contributed by atoms with van der Waals surface area (Å²) in [5, 5.41) is 10.9. The highest BCUT2D eigenvalue weighted by atomic mass is 32.2. The molecule has 2 saturated heterocycles. The van der Waals surface area contributed by atoms with E-state index in [4.69, 9.17) is 9.47 Å². The van der Waals surface area contributed by atoms with Gasteiger partial charge in [0.15, 0.2) is 5.88 Å². The first-order valence-electron chi connectivity index (χ1n) is 16.2. The molecule has 10 heteroatoms.